The summed E-state index contributed by atoms with van der Waals surface area (Å²) >= 11 is 7.11. The van der Waals surface area contributed by atoms with Crippen molar-refractivity contribution in [2.24, 2.45) is 0 Å². The number of hydrogen-bond donors (Lipinski definition) is 1. The van der Waals surface area contributed by atoms with E-state index >= 15 is 0 Å². The third kappa shape index (κ3) is 4.29. The molecule has 0 radical (unpaired) electrons. The molecule has 0 aliphatic rings. The molecule has 2 heterocycles. The first kappa shape index (κ1) is 20.3. The zero-order chi connectivity index (χ0) is 21.3. The first-order valence-electron chi connectivity index (χ1n) is 9.09. The number of amides is 1. The van der Waals surface area contributed by atoms with Crippen molar-refractivity contribution in [1.29, 1.82) is 0 Å². The van der Waals surface area contributed by atoms with E-state index in [1.165, 1.54) is 23.9 Å². The van der Waals surface area contributed by atoms with Crippen LogP contribution in [-0.2, 0) is 5.75 Å². The quantitative estimate of drug-likeness (QED) is 0.437. The molecule has 0 aliphatic heterocycles. The van der Waals surface area contributed by atoms with E-state index in [1.807, 2.05) is 32.0 Å². The topological polar surface area (TPSA) is 72.2 Å². The van der Waals surface area contributed by atoms with Crippen molar-refractivity contribution in [2.75, 3.05) is 5.32 Å². The zero-order valence-corrected chi connectivity index (χ0v) is 17.8. The molecule has 1 amide bonds. The molecule has 0 atom stereocenters. The number of benzene rings is 2. The Balaban J connectivity index is 1.52. The van der Waals surface area contributed by atoms with E-state index in [1.54, 1.807) is 22.7 Å². The summed E-state index contributed by atoms with van der Waals surface area (Å²) in [6.07, 6.45) is 0. The van der Waals surface area contributed by atoms with Crippen LogP contribution in [0, 0.1) is 19.7 Å². The van der Waals surface area contributed by atoms with Gasteiger partial charge in [0.25, 0.3) is 11.7 Å². The number of nitrogens with one attached hydrogen (secondary N) is 1. The van der Waals surface area contributed by atoms with Gasteiger partial charge < -0.3 is 5.32 Å². The normalized spacial score (nSPS) is 11.1. The SMILES string of the molecule is Cc1cc(C)n2nc(SCc3ccccc3C(=O)Nc3ccc(Cl)c(F)c3)nc2n1. The monoisotopic (exact) mass is 441 g/mol. The summed E-state index contributed by atoms with van der Waals surface area (Å²) in [6.45, 7) is 3.86. The van der Waals surface area contributed by atoms with Crippen molar-refractivity contribution in [2.45, 2.75) is 24.8 Å². The Kier molecular flexibility index (Phi) is 5.69. The lowest BCUT2D eigenvalue weighted by molar-refractivity contribution is 0.102. The Morgan fingerprint density at radius 3 is 2.77 bits per heavy atom. The van der Waals surface area contributed by atoms with Crippen molar-refractivity contribution in [3.63, 3.8) is 0 Å². The molecule has 1 N–H and O–H groups in total. The average molecular weight is 442 g/mol. The molecule has 152 valence electrons. The van der Waals surface area contributed by atoms with E-state index in [0.717, 1.165) is 17.0 Å². The van der Waals surface area contributed by atoms with Gasteiger partial charge in [-0.25, -0.2) is 13.9 Å². The van der Waals surface area contributed by atoms with Gasteiger partial charge in [-0.2, -0.15) is 4.98 Å². The van der Waals surface area contributed by atoms with Gasteiger partial charge in [0.2, 0.25) is 5.16 Å². The highest BCUT2D eigenvalue weighted by molar-refractivity contribution is 7.98. The lowest BCUT2D eigenvalue weighted by Gasteiger charge is -2.10. The molecule has 2 aromatic carbocycles. The van der Waals surface area contributed by atoms with Gasteiger partial charge in [0.05, 0.1) is 5.02 Å². The Morgan fingerprint density at radius 2 is 1.97 bits per heavy atom. The highest BCUT2D eigenvalue weighted by atomic mass is 35.5. The number of rotatable bonds is 5. The van der Waals surface area contributed by atoms with Gasteiger partial charge in [-0.05, 0) is 49.7 Å². The number of carbonyl (C=O) groups excluding carboxylic acids is 1. The average Bonchev–Trinajstić information content (AvgIpc) is 3.12. The van der Waals surface area contributed by atoms with E-state index in [2.05, 4.69) is 20.4 Å². The molecule has 0 aliphatic carbocycles. The standard InChI is InChI=1S/C21H17ClFN5OS/c1-12-9-13(2)28-20(24-12)26-21(27-28)30-11-14-5-3-4-6-16(14)19(29)25-15-7-8-17(22)18(23)10-15/h3-10H,11H2,1-2H3,(H,25,29). The van der Waals surface area contributed by atoms with Crippen LogP contribution in [0.2, 0.25) is 5.02 Å². The summed E-state index contributed by atoms with van der Waals surface area (Å²) in [5, 5.41) is 7.77. The number of carbonyl (C=O) groups is 1. The molecular weight excluding hydrogens is 425 g/mol. The van der Waals surface area contributed by atoms with Crippen LogP contribution in [0.25, 0.3) is 5.78 Å². The molecule has 0 bridgehead atoms. The first-order chi connectivity index (χ1) is 14.4. The minimum atomic E-state index is -0.588. The second-order valence-corrected chi connectivity index (χ2v) is 8.02. The van der Waals surface area contributed by atoms with Crippen LogP contribution in [0.3, 0.4) is 0 Å². The maximum Gasteiger partial charge on any atom is 0.255 e. The molecule has 9 heteroatoms. The van der Waals surface area contributed by atoms with Gasteiger partial charge >= 0.3 is 0 Å². The van der Waals surface area contributed by atoms with Crippen LogP contribution in [0.15, 0.2) is 53.7 Å². The van der Waals surface area contributed by atoms with Crippen LogP contribution in [0.5, 0.6) is 0 Å². The third-order valence-electron chi connectivity index (χ3n) is 4.40. The number of anilines is 1. The number of hydrogen-bond acceptors (Lipinski definition) is 5. The van der Waals surface area contributed by atoms with Gasteiger partial charge in [0, 0.05) is 28.4 Å². The van der Waals surface area contributed by atoms with Gasteiger partial charge in [-0.15, -0.1) is 5.10 Å². The Hall–Kier alpha value is -2.97. The fourth-order valence-corrected chi connectivity index (χ4v) is 3.93. The maximum atomic E-state index is 13.7. The summed E-state index contributed by atoms with van der Waals surface area (Å²) in [4.78, 5) is 21.6. The van der Waals surface area contributed by atoms with Gasteiger partial charge in [0.15, 0.2) is 0 Å². The minimum absolute atomic E-state index is 0.00433. The number of thioether (sulfide) groups is 1. The predicted octanol–water partition coefficient (Wildman–Crippen LogP) is 5.08. The summed E-state index contributed by atoms with van der Waals surface area (Å²) in [7, 11) is 0. The summed E-state index contributed by atoms with van der Waals surface area (Å²) in [6, 6.07) is 13.3. The second kappa shape index (κ2) is 8.41. The first-order valence-corrected chi connectivity index (χ1v) is 10.4. The van der Waals surface area contributed by atoms with E-state index < -0.39 is 5.82 Å². The van der Waals surface area contributed by atoms with E-state index in [0.29, 0.717) is 27.9 Å². The predicted molar refractivity (Wildman–Crippen MR) is 116 cm³/mol. The maximum absolute atomic E-state index is 13.7. The lowest BCUT2D eigenvalue weighted by Crippen LogP contribution is -2.14. The fraction of sp³-hybridized carbons (Fsp3) is 0.143. The Bertz CT molecular complexity index is 1260. The molecule has 0 saturated carbocycles. The van der Waals surface area contributed by atoms with E-state index in [-0.39, 0.29) is 10.9 Å². The molecule has 0 fully saturated rings. The highest BCUT2D eigenvalue weighted by Crippen LogP contribution is 2.24. The molecule has 6 nitrogen and oxygen atoms in total. The summed E-state index contributed by atoms with van der Waals surface area (Å²) < 4.78 is 15.4. The summed E-state index contributed by atoms with van der Waals surface area (Å²) in [5.41, 5.74) is 3.48. The lowest BCUT2D eigenvalue weighted by atomic mass is 10.1. The molecule has 0 unspecified atom stereocenters. The number of nitrogens with zero attached hydrogens (tertiary/aromatic N) is 4. The molecule has 4 aromatic rings. The van der Waals surface area contributed by atoms with Crippen molar-refractivity contribution >= 4 is 40.7 Å². The molecule has 2 aromatic heterocycles. The van der Waals surface area contributed by atoms with Gasteiger partial charge in [-0.1, -0.05) is 41.6 Å². The third-order valence-corrected chi connectivity index (χ3v) is 5.59. The van der Waals surface area contributed by atoms with Crippen molar-refractivity contribution < 1.29 is 9.18 Å². The van der Waals surface area contributed by atoms with Crippen molar-refractivity contribution in [3.8, 4) is 0 Å². The second-order valence-electron chi connectivity index (χ2n) is 6.67. The zero-order valence-electron chi connectivity index (χ0n) is 16.2. The van der Waals surface area contributed by atoms with Crippen LogP contribution in [0.4, 0.5) is 10.1 Å². The fourth-order valence-electron chi connectivity index (χ4n) is 2.99. The number of fused-ring (bicyclic) bond motifs is 1. The van der Waals surface area contributed by atoms with E-state index in [9.17, 15) is 9.18 Å². The number of halogens is 2. The van der Waals surface area contributed by atoms with Crippen LogP contribution >= 0.6 is 23.4 Å². The van der Waals surface area contributed by atoms with Gasteiger partial charge in [0.1, 0.15) is 5.82 Å². The van der Waals surface area contributed by atoms with Crippen LogP contribution in [-0.4, -0.2) is 25.5 Å². The smallest absolute Gasteiger partial charge is 0.255 e. The van der Waals surface area contributed by atoms with E-state index in [4.69, 9.17) is 11.6 Å². The molecule has 0 saturated heterocycles. The van der Waals surface area contributed by atoms with Gasteiger partial charge in [-0.3, -0.25) is 4.79 Å². The number of aryl methyl sites for hydroxylation is 2. The highest BCUT2D eigenvalue weighted by Gasteiger charge is 2.14. The number of aromatic nitrogens is 4. The van der Waals surface area contributed by atoms with Crippen molar-refractivity contribution in [3.05, 3.63) is 81.9 Å². The van der Waals surface area contributed by atoms with Crippen molar-refractivity contribution in [1.82, 2.24) is 19.6 Å². The summed E-state index contributed by atoms with van der Waals surface area (Å²) in [5.74, 6) is 0.123. The minimum Gasteiger partial charge on any atom is -0.322 e. The van der Waals surface area contributed by atoms with Crippen LogP contribution < -0.4 is 5.32 Å². The Morgan fingerprint density at radius 1 is 1.17 bits per heavy atom. The van der Waals surface area contributed by atoms with Crippen LogP contribution in [0.1, 0.15) is 27.3 Å². The Labute approximate surface area is 181 Å². The molecule has 4 rings (SSSR count). The molecular formula is C21H17ClFN5OS. The largest absolute Gasteiger partial charge is 0.322 e. The molecule has 30 heavy (non-hydrogen) atoms. The molecule has 0 spiro atoms.